The van der Waals surface area contributed by atoms with Crippen LogP contribution in [0.2, 0.25) is 0 Å². The van der Waals surface area contributed by atoms with Gasteiger partial charge in [-0.25, -0.2) is 4.79 Å². The van der Waals surface area contributed by atoms with E-state index in [2.05, 4.69) is 23.5 Å². The molecule has 4 amide bonds. The van der Waals surface area contributed by atoms with E-state index in [0.29, 0.717) is 25.9 Å². The topological polar surface area (TPSA) is 69.7 Å². The zero-order chi connectivity index (χ0) is 25.0. The highest BCUT2D eigenvalue weighted by atomic mass is 16.2. The lowest BCUT2D eigenvalue weighted by Gasteiger charge is -2.29. The summed E-state index contributed by atoms with van der Waals surface area (Å²) in [5.41, 5.74) is 3.13. The predicted molar refractivity (Wildman–Crippen MR) is 139 cm³/mol. The second kappa shape index (κ2) is 10.2. The number of nitrogens with one attached hydrogen (secondary N) is 1. The molecule has 3 aromatic rings. The fraction of sp³-hybridized carbons (Fsp3) is 0.233. The van der Waals surface area contributed by atoms with Crippen molar-refractivity contribution < 1.29 is 14.4 Å². The molecule has 36 heavy (non-hydrogen) atoms. The van der Waals surface area contributed by atoms with Gasteiger partial charge in [-0.15, -0.1) is 0 Å². The number of urea groups is 1. The lowest BCUT2D eigenvalue weighted by molar-refractivity contribution is -0.138. The van der Waals surface area contributed by atoms with E-state index >= 15 is 0 Å². The van der Waals surface area contributed by atoms with Gasteiger partial charge in [0, 0.05) is 25.9 Å². The maximum Gasteiger partial charge on any atom is 0.325 e. The number of carbonyl (C=O) groups excluding carboxylic acids is 3. The molecule has 0 atom stereocenters. The molecule has 0 spiro atoms. The number of rotatable bonds is 7. The van der Waals surface area contributed by atoms with Crippen LogP contribution >= 0.6 is 0 Å². The molecule has 0 saturated carbocycles. The van der Waals surface area contributed by atoms with Crippen LogP contribution in [0.15, 0.2) is 97.1 Å². The van der Waals surface area contributed by atoms with Gasteiger partial charge in [-0.1, -0.05) is 97.1 Å². The average Bonchev–Trinajstić information content (AvgIpc) is 3.14. The van der Waals surface area contributed by atoms with Gasteiger partial charge in [-0.05, 0) is 28.7 Å². The lowest BCUT2D eigenvalue weighted by atomic mass is 9.84. The van der Waals surface area contributed by atoms with E-state index in [-0.39, 0.29) is 18.4 Å². The Bertz CT molecular complexity index is 1230. The first-order valence-corrected chi connectivity index (χ1v) is 12.3. The quantitative estimate of drug-likeness (QED) is 0.519. The average molecular weight is 480 g/mol. The van der Waals surface area contributed by atoms with Crippen molar-refractivity contribution in [1.82, 2.24) is 15.1 Å². The maximum atomic E-state index is 13.8. The van der Waals surface area contributed by atoms with E-state index in [9.17, 15) is 14.4 Å². The van der Waals surface area contributed by atoms with Crippen LogP contribution < -0.4 is 5.32 Å². The molecule has 2 aliphatic rings. The maximum absolute atomic E-state index is 13.8. The van der Waals surface area contributed by atoms with Crippen LogP contribution in [0, 0.1) is 0 Å². The molecule has 182 valence electrons. The van der Waals surface area contributed by atoms with Gasteiger partial charge in [0.1, 0.15) is 12.1 Å². The van der Waals surface area contributed by atoms with Gasteiger partial charge in [0.25, 0.3) is 5.91 Å². The molecule has 0 aliphatic carbocycles. The molecule has 1 fully saturated rings. The second-order valence-electron chi connectivity index (χ2n) is 9.41. The Morgan fingerprint density at radius 2 is 1.36 bits per heavy atom. The fourth-order valence-corrected chi connectivity index (χ4v) is 5.06. The summed E-state index contributed by atoms with van der Waals surface area (Å²) in [4.78, 5) is 42.7. The zero-order valence-electron chi connectivity index (χ0n) is 20.1. The van der Waals surface area contributed by atoms with E-state index in [1.165, 1.54) is 5.57 Å². The summed E-state index contributed by atoms with van der Waals surface area (Å²) >= 11 is 0. The largest absolute Gasteiger partial charge is 0.337 e. The van der Waals surface area contributed by atoms with Crippen molar-refractivity contribution in [3.05, 3.63) is 114 Å². The summed E-state index contributed by atoms with van der Waals surface area (Å²) in [6, 6.07) is 28.9. The van der Waals surface area contributed by atoms with Gasteiger partial charge in [0.2, 0.25) is 5.91 Å². The lowest BCUT2D eigenvalue weighted by Crippen LogP contribution is -2.51. The monoisotopic (exact) mass is 479 g/mol. The molecule has 0 unspecified atom stereocenters. The molecule has 2 aliphatic heterocycles. The minimum atomic E-state index is -1.14. The van der Waals surface area contributed by atoms with Gasteiger partial charge in [0.05, 0.1) is 0 Å². The molecule has 0 bridgehead atoms. The normalized spacial score (nSPS) is 17.1. The Labute approximate surface area is 211 Å². The molecular weight excluding hydrogens is 450 g/mol. The summed E-state index contributed by atoms with van der Waals surface area (Å²) in [5.74, 6) is -0.580. The van der Waals surface area contributed by atoms with Crippen LogP contribution in [0.25, 0.3) is 5.57 Å². The minimum Gasteiger partial charge on any atom is -0.337 e. The number of carbonyl (C=O) groups is 3. The first kappa shape index (κ1) is 23.5. The molecular formula is C30H29N3O3. The Hall–Kier alpha value is -4.19. The molecule has 0 radical (unpaired) electrons. The Morgan fingerprint density at radius 3 is 1.89 bits per heavy atom. The third-order valence-corrected chi connectivity index (χ3v) is 6.94. The molecule has 6 nitrogen and oxygen atoms in total. The smallest absolute Gasteiger partial charge is 0.325 e. The molecule has 2 heterocycles. The van der Waals surface area contributed by atoms with Gasteiger partial charge >= 0.3 is 6.03 Å². The van der Waals surface area contributed by atoms with Crippen molar-refractivity contribution >= 4 is 23.4 Å². The van der Waals surface area contributed by atoms with Crippen LogP contribution in [-0.2, 0) is 22.4 Å². The molecule has 5 rings (SSSR count). The Kier molecular flexibility index (Phi) is 6.67. The highest BCUT2D eigenvalue weighted by molar-refractivity contribution is 6.09. The summed E-state index contributed by atoms with van der Waals surface area (Å²) in [6.07, 6.45) is 3.50. The van der Waals surface area contributed by atoms with Crippen molar-refractivity contribution in [2.24, 2.45) is 0 Å². The van der Waals surface area contributed by atoms with Gasteiger partial charge < -0.3 is 10.2 Å². The second-order valence-corrected chi connectivity index (χ2v) is 9.41. The molecule has 6 heteroatoms. The predicted octanol–water partition coefficient (Wildman–Crippen LogP) is 4.08. The molecule has 3 aromatic carbocycles. The van der Waals surface area contributed by atoms with E-state index in [4.69, 9.17) is 0 Å². The van der Waals surface area contributed by atoms with Gasteiger partial charge in [-0.3, -0.25) is 14.5 Å². The van der Waals surface area contributed by atoms with E-state index in [1.54, 1.807) is 4.90 Å². The number of imide groups is 1. The molecule has 1 N–H and O–H groups in total. The fourth-order valence-electron chi connectivity index (χ4n) is 5.06. The number of benzene rings is 3. The minimum absolute atomic E-state index is 0.225. The van der Waals surface area contributed by atoms with Crippen molar-refractivity contribution in [2.75, 3.05) is 19.6 Å². The van der Waals surface area contributed by atoms with Gasteiger partial charge in [-0.2, -0.15) is 0 Å². The first-order valence-electron chi connectivity index (χ1n) is 12.3. The van der Waals surface area contributed by atoms with Crippen LogP contribution in [0.3, 0.4) is 0 Å². The SMILES string of the molecule is O=C(CN1C(=O)NC(Cc2ccccc2)(Cc2ccccc2)C1=O)N1CC=C(c2ccccc2)CC1. The van der Waals surface area contributed by atoms with E-state index in [0.717, 1.165) is 28.0 Å². The third kappa shape index (κ3) is 4.93. The summed E-state index contributed by atoms with van der Waals surface area (Å²) < 4.78 is 0. The van der Waals surface area contributed by atoms with Crippen molar-refractivity contribution in [1.29, 1.82) is 0 Å². The van der Waals surface area contributed by atoms with Crippen LogP contribution in [-0.4, -0.2) is 52.8 Å². The molecule has 0 aromatic heterocycles. The van der Waals surface area contributed by atoms with E-state index in [1.807, 2.05) is 78.9 Å². The standard InChI is InChI=1S/C30H29N3O3/c34-27(32-18-16-26(17-19-32)25-14-8-3-9-15-25)22-33-28(35)30(31-29(33)36,20-23-10-4-1-5-11-23)21-24-12-6-2-7-13-24/h1-16H,17-22H2,(H,31,36). The Balaban J connectivity index is 1.32. The van der Waals surface area contributed by atoms with Crippen molar-refractivity contribution in [3.63, 3.8) is 0 Å². The van der Waals surface area contributed by atoms with Crippen molar-refractivity contribution in [2.45, 2.75) is 24.8 Å². The number of hydrogen-bond donors (Lipinski definition) is 1. The number of amides is 4. The summed E-state index contributed by atoms with van der Waals surface area (Å²) in [7, 11) is 0. The van der Waals surface area contributed by atoms with E-state index < -0.39 is 11.6 Å². The summed E-state index contributed by atoms with van der Waals surface area (Å²) in [6.45, 7) is 0.763. The number of nitrogens with zero attached hydrogens (tertiary/aromatic N) is 2. The van der Waals surface area contributed by atoms with Crippen molar-refractivity contribution in [3.8, 4) is 0 Å². The van der Waals surface area contributed by atoms with Crippen LogP contribution in [0.4, 0.5) is 4.79 Å². The van der Waals surface area contributed by atoms with Crippen LogP contribution in [0.1, 0.15) is 23.1 Å². The van der Waals surface area contributed by atoms with Crippen LogP contribution in [0.5, 0.6) is 0 Å². The number of hydrogen-bond acceptors (Lipinski definition) is 3. The highest BCUT2D eigenvalue weighted by Gasteiger charge is 2.51. The highest BCUT2D eigenvalue weighted by Crippen LogP contribution is 2.28. The van der Waals surface area contributed by atoms with Gasteiger partial charge in [0.15, 0.2) is 0 Å². The zero-order valence-corrected chi connectivity index (χ0v) is 20.1. The molecule has 1 saturated heterocycles. The Morgan fingerprint density at radius 1 is 0.806 bits per heavy atom. The summed E-state index contributed by atoms with van der Waals surface area (Å²) in [5, 5.41) is 2.96. The third-order valence-electron chi connectivity index (χ3n) is 6.94. The first-order chi connectivity index (χ1) is 17.5.